The van der Waals surface area contributed by atoms with Crippen LogP contribution in [0.5, 0.6) is 5.75 Å². The van der Waals surface area contributed by atoms with Crippen LogP contribution in [0.4, 0.5) is 4.39 Å². The molecule has 0 aliphatic rings. The van der Waals surface area contributed by atoms with Crippen LogP contribution >= 0.6 is 11.8 Å². The Balaban J connectivity index is 1.40. The lowest BCUT2D eigenvalue weighted by Gasteiger charge is -1.99. The Bertz CT molecular complexity index is 1030. The van der Waals surface area contributed by atoms with Crippen LogP contribution in [0.25, 0.3) is 22.9 Å². The third-order valence-electron chi connectivity index (χ3n) is 3.63. The monoisotopic (exact) mass is 384 g/mol. The SMILES string of the molecule is COc1ccc(-c2nnc(SCc3noc(-c4ccc(F)cc4)n3)o2)cc1. The molecule has 9 heteroatoms. The van der Waals surface area contributed by atoms with E-state index in [4.69, 9.17) is 13.7 Å². The van der Waals surface area contributed by atoms with Crippen LogP contribution in [0, 0.1) is 5.82 Å². The molecule has 7 nitrogen and oxygen atoms in total. The van der Waals surface area contributed by atoms with Crippen LogP contribution < -0.4 is 4.74 Å². The molecule has 136 valence electrons. The van der Waals surface area contributed by atoms with Gasteiger partial charge in [0.1, 0.15) is 11.6 Å². The molecule has 0 unspecified atom stereocenters. The molecule has 0 saturated heterocycles. The molecule has 0 atom stereocenters. The standard InChI is InChI=1S/C18H13FN4O3S/c1-24-14-8-4-12(5-9-14)17-21-22-18(25-17)27-10-15-20-16(26-23-15)11-2-6-13(19)7-3-11/h2-9H,10H2,1H3. The summed E-state index contributed by atoms with van der Waals surface area (Å²) in [5, 5.41) is 12.4. The Morgan fingerprint density at radius 1 is 0.963 bits per heavy atom. The Labute approximate surface area is 157 Å². The molecule has 0 bridgehead atoms. The molecule has 27 heavy (non-hydrogen) atoms. The molecule has 4 rings (SSSR count). The number of benzene rings is 2. The molecule has 0 aliphatic heterocycles. The van der Waals surface area contributed by atoms with E-state index in [0.29, 0.717) is 34.1 Å². The number of hydrogen-bond acceptors (Lipinski definition) is 8. The first-order valence-electron chi connectivity index (χ1n) is 7.90. The Morgan fingerprint density at radius 3 is 2.41 bits per heavy atom. The topological polar surface area (TPSA) is 87.1 Å². The summed E-state index contributed by atoms with van der Waals surface area (Å²) in [6.07, 6.45) is 0. The predicted molar refractivity (Wildman–Crippen MR) is 95.5 cm³/mol. The van der Waals surface area contributed by atoms with Crippen LogP contribution in [0.15, 0.2) is 62.7 Å². The van der Waals surface area contributed by atoms with Crippen molar-refractivity contribution in [3.05, 3.63) is 60.2 Å². The molecule has 0 saturated carbocycles. The highest BCUT2D eigenvalue weighted by Gasteiger charge is 2.13. The summed E-state index contributed by atoms with van der Waals surface area (Å²) in [4.78, 5) is 4.28. The van der Waals surface area contributed by atoms with Crippen LogP contribution in [-0.4, -0.2) is 27.4 Å². The minimum atomic E-state index is -0.321. The highest BCUT2D eigenvalue weighted by Crippen LogP contribution is 2.27. The molecule has 2 aromatic heterocycles. The summed E-state index contributed by atoms with van der Waals surface area (Å²) in [6, 6.07) is 13.2. The summed E-state index contributed by atoms with van der Waals surface area (Å²) < 4.78 is 28.9. The average Bonchev–Trinajstić information content (AvgIpc) is 3.37. The van der Waals surface area contributed by atoms with Gasteiger partial charge in [0.05, 0.1) is 12.9 Å². The lowest BCUT2D eigenvalue weighted by molar-refractivity contribution is 0.414. The quantitative estimate of drug-likeness (QED) is 0.457. The van der Waals surface area contributed by atoms with Crippen molar-refractivity contribution in [3.63, 3.8) is 0 Å². The van der Waals surface area contributed by atoms with Gasteiger partial charge in [0, 0.05) is 11.1 Å². The van der Waals surface area contributed by atoms with Crippen molar-refractivity contribution in [2.24, 2.45) is 0 Å². The van der Waals surface area contributed by atoms with Gasteiger partial charge in [-0.25, -0.2) is 4.39 Å². The zero-order chi connectivity index (χ0) is 18.6. The van der Waals surface area contributed by atoms with Gasteiger partial charge in [-0.1, -0.05) is 16.9 Å². The summed E-state index contributed by atoms with van der Waals surface area (Å²) >= 11 is 1.30. The molecule has 2 aromatic carbocycles. The Kier molecular flexibility index (Phi) is 4.84. The van der Waals surface area contributed by atoms with Gasteiger partial charge in [-0.15, -0.1) is 10.2 Å². The summed E-state index contributed by atoms with van der Waals surface area (Å²) in [7, 11) is 1.61. The first-order valence-corrected chi connectivity index (χ1v) is 8.89. The predicted octanol–water partition coefficient (Wildman–Crippen LogP) is 4.23. The fourth-order valence-electron chi connectivity index (χ4n) is 2.27. The second-order valence-corrected chi connectivity index (χ2v) is 6.34. The minimum absolute atomic E-state index is 0.321. The van der Waals surface area contributed by atoms with Crippen molar-refractivity contribution in [1.29, 1.82) is 0 Å². The minimum Gasteiger partial charge on any atom is -0.497 e. The van der Waals surface area contributed by atoms with E-state index in [1.165, 1.54) is 23.9 Å². The second kappa shape index (κ2) is 7.58. The van der Waals surface area contributed by atoms with E-state index in [-0.39, 0.29) is 5.82 Å². The van der Waals surface area contributed by atoms with E-state index in [0.717, 1.165) is 11.3 Å². The van der Waals surface area contributed by atoms with Crippen molar-refractivity contribution in [1.82, 2.24) is 20.3 Å². The first kappa shape index (κ1) is 17.2. The number of nitrogens with zero attached hydrogens (tertiary/aromatic N) is 4. The number of rotatable bonds is 6. The highest BCUT2D eigenvalue weighted by atomic mass is 32.2. The summed E-state index contributed by atoms with van der Waals surface area (Å²) in [5.41, 5.74) is 1.45. The smallest absolute Gasteiger partial charge is 0.277 e. The van der Waals surface area contributed by atoms with Gasteiger partial charge >= 0.3 is 0 Å². The Hall–Kier alpha value is -3.20. The average molecular weight is 384 g/mol. The van der Waals surface area contributed by atoms with Gasteiger partial charge in [0.2, 0.25) is 5.89 Å². The summed E-state index contributed by atoms with van der Waals surface area (Å²) in [6.45, 7) is 0. The van der Waals surface area contributed by atoms with E-state index in [9.17, 15) is 4.39 Å². The van der Waals surface area contributed by atoms with Gasteiger partial charge in [-0.2, -0.15) is 4.98 Å². The highest BCUT2D eigenvalue weighted by molar-refractivity contribution is 7.98. The van der Waals surface area contributed by atoms with Crippen molar-refractivity contribution >= 4 is 11.8 Å². The van der Waals surface area contributed by atoms with Gasteiger partial charge in [0.15, 0.2) is 5.82 Å². The third kappa shape index (κ3) is 3.98. The van der Waals surface area contributed by atoms with Crippen molar-refractivity contribution in [2.75, 3.05) is 7.11 Å². The van der Waals surface area contributed by atoms with Crippen LogP contribution in [0.2, 0.25) is 0 Å². The van der Waals surface area contributed by atoms with Crippen LogP contribution in [0.1, 0.15) is 5.82 Å². The largest absolute Gasteiger partial charge is 0.497 e. The maximum absolute atomic E-state index is 13.0. The Morgan fingerprint density at radius 2 is 1.67 bits per heavy atom. The van der Waals surface area contributed by atoms with Gasteiger partial charge in [-0.3, -0.25) is 0 Å². The van der Waals surface area contributed by atoms with Crippen LogP contribution in [0.3, 0.4) is 0 Å². The zero-order valence-corrected chi connectivity index (χ0v) is 14.9. The molecule has 2 heterocycles. The van der Waals surface area contributed by atoms with Gasteiger partial charge < -0.3 is 13.7 Å². The molecule has 0 amide bonds. The van der Waals surface area contributed by atoms with Crippen molar-refractivity contribution < 1.29 is 18.1 Å². The first-order chi connectivity index (χ1) is 13.2. The van der Waals surface area contributed by atoms with Gasteiger partial charge in [0.25, 0.3) is 11.1 Å². The molecule has 0 aliphatic carbocycles. The number of thioether (sulfide) groups is 1. The molecule has 0 spiro atoms. The van der Waals surface area contributed by atoms with Gasteiger partial charge in [-0.05, 0) is 48.5 Å². The van der Waals surface area contributed by atoms with E-state index >= 15 is 0 Å². The van der Waals surface area contributed by atoms with E-state index < -0.39 is 0 Å². The van der Waals surface area contributed by atoms with E-state index in [1.807, 2.05) is 24.3 Å². The fourth-order valence-corrected chi connectivity index (χ4v) is 2.87. The van der Waals surface area contributed by atoms with E-state index in [2.05, 4.69) is 20.3 Å². The molecule has 0 fully saturated rings. The van der Waals surface area contributed by atoms with Crippen LogP contribution in [-0.2, 0) is 5.75 Å². The molecular weight excluding hydrogens is 371 g/mol. The molecule has 0 radical (unpaired) electrons. The zero-order valence-electron chi connectivity index (χ0n) is 14.1. The molecular formula is C18H13FN4O3S. The number of hydrogen-bond donors (Lipinski definition) is 0. The second-order valence-electron chi connectivity index (χ2n) is 5.41. The maximum atomic E-state index is 13.0. The van der Waals surface area contributed by atoms with E-state index in [1.54, 1.807) is 19.2 Å². The molecule has 4 aromatic rings. The number of methoxy groups -OCH3 is 1. The lowest BCUT2D eigenvalue weighted by Crippen LogP contribution is -1.84. The third-order valence-corrected chi connectivity index (χ3v) is 4.44. The number of ether oxygens (including phenoxy) is 1. The number of aromatic nitrogens is 4. The van der Waals surface area contributed by atoms with Crippen molar-refractivity contribution in [2.45, 2.75) is 11.0 Å². The molecule has 0 N–H and O–H groups in total. The lowest BCUT2D eigenvalue weighted by atomic mass is 10.2. The summed E-state index contributed by atoms with van der Waals surface area (Å²) in [5.74, 6) is 2.05. The maximum Gasteiger partial charge on any atom is 0.277 e. The number of halogens is 1. The van der Waals surface area contributed by atoms with Crippen molar-refractivity contribution in [3.8, 4) is 28.7 Å². The fraction of sp³-hybridized carbons (Fsp3) is 0.111. The normalized spacial score (nSPS) is 10.9.